The van der Waals surface area contributed by atoms with Crippen LogP contribution in [0.15, 0.2) is 18.2 Å². The van der Waals surface area contributed by atoms with Crippen LogP contribution in [0.1, 0.15) is 43.0 Å². The van der Waals surface area contributed by atoms with Crippen LogP contribution in [0.5, 0.6) is 0 Å². The van der Waals surface area contributed by atoms with Crippen molar-refractivity contribution in [2.24, 2.45) is 5.41 Å². The second-order valence-electron chi connectivity index (χ2n) is 5.21. The number of aromatic carboxylic acids is 1. The Morgan fingerprint density at radius 3 is 2.78 bits per heavy atom. The quantitative estimate of drug-likeness (QED) is 0.676. The molecule has 98 valence electrons. The molecule has 18 heavy (non-hydrogen) atoms. The van der Waals surface area contributed by atoms with Crippen LogP contribution in [0.3, 0.4) is 0 Å². The van der Waals surface area contributed by atoms with E-state index in [-0.39, 0.29) is 5.56 Å². The van der Waals surface area contributed by atoms with Gasteiger partial charge in [-0.3, -0.25) is 0 Å². The summed E-state index contributed by atoms with van der Waals surface area (Å²) in [5, 5.41) is 12.4. The van der Waals surface area contributed by atoms with Crippen molar-refractivity contribution in [3.63, 3.8) is 0 Å². The molecular weight excluding hydrogens is 228 g/mol. The summed E-state index contributed by atoms with van der Waals surface area (Å²) in [6.07, 6.45) is 4.84. The lowest BCUT2D eigenvalue weighted by molar-refractivity contribution is 0.0698. The predicted octanol–water partition coefficient (Wildman–Crippen LogP) is 2.96. The van der Waals surface area contributed by atoms with E-state index in [1.165, 1.54) is 25.7 Å². The summed E-state index contributed by atoms with van der Waals surface area (Å²) in [6.45, 7) is 3.02. The van der Waals surface area contributed by atoms with Gasteiger partial charge < -0.3 is 16.2 Å². The van der Waals surface area contributed by atoms with Crippen molar-refractivity contribution in [2.75, 3.05) is 17.6 Å². The molecule has 2 rings (SSSR count). The Morgan fingerprint density at radius 2 is 2.22 bits per heavy atom. The molecule has 0 saturated heterocycles. The molecule has 0 bridgehead atoms. The number of nitrogens with one attached hydrogen (secondary N) is 1. The standard InChI is InChI=1S/C14H20N2O2/c1-2-5-14(6-7-14)9-16-12-8-10(15)3-4-11(12)13(17)18/h3-4,8,16H,2,5-7,9,15H2,1H3,(H,17,18). The van der Waals surface area contributed by atoms with E-state index in [2.05, 4.69) is 12.2 Å². The molecule has 1 aromatic carbocycles. The molecule has 4 nitrogen and oxygen atoms in total. The Balaban J connectivity index is 2.08. The number of rotatable bonds is 6. The van der Waals surface area contributed by atoms with Crippen LogP contribution < -0.4 is 11.1 Å². The van der Waals surface area contributed by atoms with E-state index in [4.69, 9.17) is 10.8 Å². The zero-order valence-electron chi connectivity index (χ0n) is 10.7. The minimum Gasteiger partial charge on any atom is -0.478 e. The maximum absolute atomic E-state index is 11.1. The Hall–Kier alpha value is -1.71. The van der Waals surface area contributed by atoms with Crippen molar-refractivity contribution >= 4 is 17.3 Å². The second-order valence-corrected chi connectivity index (χ2v) is 5.21. The van der Waals surface area contributed by atoms with E-state index in [0.29, 0.717) is 16.8 Å². The molecule has 1 saturated carbocycles. The summed E-state index contributed by atoms with van der Waals surface area (Å²) in [6, 6.07) is 4.87. The molecule has 1 aliphatic carbocycles. The summed E-state index contributed by atoms with van der Waals surface area (Å²) in [5.41, 5.74) is 7.60. The molecule has 0 atom stereocenters. The number of nitrogen functional groups attached to an aromatic ring is 1. The highest BCUT2D eigenvalue weighted by atomic mass is 16.4. The lowest BCUT2D eigenvalue weighted by atomic mass is 10.0. The number of hydrogen-bond donors (Lipinski definition) is 3. The highest BCUT2D eigenvalue weighted by Gasteiger charge is 2.41. The van der Waals surface area contributed by atoms with Crippen LogP contribution in [0.25, 0.3) is 0 Å². The molecule has 0 radical (unpaired) electrons. The Labute approximate surface area is 107 Å². The zero-order valence-corrected chi connectivity index (χ0v) is 10.7. The van der Waals surface area contributed by atoms with Crippen LogP contribution in [0.2, 0.25) is 0 Å². The number of carbonyl (C=O) groups is 1. The maximum Gasteiger partial charge on any atom is 0.337 e. The monoisotopic (exact) mass is 248 g/mol. The Bertz CT molecular complexity index is 453. The third kappa shape index (κ3) is 2.75. The summed E-state index contributed by atoms with van der Waals surface area (Å²) >= 11 is 0. The van der Waals surface area contributed by atoms with Crippen LogP contribution >= 0.6 is 0 Å². The molecule has 0 aromatic heterocycles. The fourth-order valence-electron chi connectivity index (χ4n) is 2.40. The third-order valence-electron chi connectivity index (χ3n) is 3.67. The van der Waals surface area contributed by atoms with Gasteiger partial charge >= 0.3 is 5.97 Å². The van der Waals surface area contributed by atoms with Crippen LogP contribution in [0.4, 0.5) is 11.4 Å². The number of nitrogens with two attached hydrogens (primary N) is 1. The van der Waals surface area contributed by atoms with Crippen LogP contribution in [-0.2, 0) is 0 Å². The van der Waals surface area contributed by atoms with Crippen molar-refractivity contribution in [3.8, 4) is 0 Å². The molecule has 0 spiro atoms. The Kier molecular flexibility index (Phi) is 3.45. The third-order valence-corrected chi connectivity index (χ3v) is 3.67. The van der Waals surface area contributed by atoms with Crippen molar-refractivity contribution in [1.82, 2.24) is 0 Å². The van der Waals surface area contributed by atoms with Gasteiger partial charge in [0.2, 0.25) is 0 Å². The van der Waals surface area contributed by atoms with Gasteiger partial charge in [-0.1, -0.05) is 13.3 Å². The van der Waals surface area contributed by atoms with Gasteiger partial charge in [0.15, 0.2) is 0 Å². The molecule has 0 aliphatic heterocycles. The fraction of sp³-hybridized carbons (Fsp3) is 0.500. The highest BCUT2D eigenvalue weighted by Crippen LogP contribution is 2.49. The highest BCUT2D eigenvalue weighted by molar-refractivity contribution is 5.95. The molecule has 4 heteroatoms. The number of carboxylic acid groups (broad SMARTS) is 1. The van der Waals surface area contributed by atoms with Crippen molar-refractivity contribution in [1.29, 1.82) is 0 Å². The first-order valence-corrected chi connectivity index (χ1v) is 6.43. The van der Waals surface area contributed by atoms with Gasteiger partial charge in [0.25, 0.3) is 0 Å². The first kappa shape index (κ1) is 12.7. The van der Waals surface area contributed by atoms with Crippen molar-refractivity contribution in [3.05, 3.63) is 23.8 Å². The minimum atomic E-state index is -0.919. The summed E-state index contributed by atoms with van der Waals surface area (Å²) in [7, 11) is 0. The van der Waals surface area contributed by atoms with E-state index in [9.17, 15) is 4.79 Å². The minimum absolute atomic E-state index is 0.288. The average Bonchev–Trinajstić information content (AvgIpc) is 3.07. The first-order chi connectivity index (χ1) is 8.56. The molecule has 0 amide bonds. The molecule has 0 unspecified atom stereocenters. The van der Waals surface area contributed by atoms with Gasteiger partial charge in [0, 0.05) is 12.2 Å². The first-order valence-electron chi connectivity index (χ1n) is 6.43. The lowest BCUT2D eigenvalue weighted by Crippen LogP contribution is -2.17. The van der Waals surface area contributed by atoms with Crippen LogP contribution in [0, 0.1) is 5.41 Å². The van der Waals surface area contributed by atoms with Gasteiger partial charge in [-0.2, -0.15) is 0 Å². The topological polar surface area (TPSA) is 75.3 Å². The lowest BCUT2D eigenvalue weighted by Gasteiger charge is -2.17. The van der Waals surface area contributed by atoms with Gasteiger partial charge in [-0.25, -0.2) is 4.79 Å². The van der Waals surface area contributed by atoms with Gasteiger partial charge in [-0.05, 0) is 42.9 Å². The van der Waals surface area contributed by atoms with Gasteiger partial charge in [0.05, 0.1) is 11.3 Å². The van der Waals surface area contributed by atoms with E-state index in [1.807, 2.05) is 0 Å². The number of anilines is 2. The smallest absolute Gasteiger partial charge is 0.337 e. The summed E-state index contributed by atoms with van der Waals surface area (Å²) in [5.74, 6) is -0.919. The van der Waals surface area contributed by atoms with Crippen LogP contribution in [-0.4, -0.2) is 17.6 Å². The van der Waals surface area contributed by atoms with Crippen molar-refractivity contribution in [2.45, 2.75) is 32.6 Å². The SMILES string of the molecule is CCCC1(CNc2cc(N)ccc2C(=O)O)CC1. The van der Waals surface area contributed by atoms with Gasteiger partial charge in [-0.15, -0.1) is 0 Å². The summed E-state index contributed by atoms with van der Waals surface area (Å²) in [4.78, 5) is 11.1. The molecule has 1 aliphatic rings. The second kappa shape index (κ2) is 4.88. The Morgan fingerprint density at radius 1 is 1.50 bits per heavy atom. The van der Waals surface area contributed by atoms with E-state index in [1.54, 1.807) is 18.2 Å². The molecule has 4 N–H and O–H groups in total. The molecule has 1 fully saturated rings. The largest absolute Gasteiger partial charge is 0.478 e. The molecular formula is C14H20N2O2. The fourth-order valence-corrected chi connectivity index (χ4v) is 2.40. The van der Waals surface area contributed by atoms with Gasteiger partial charge in [0.1, 0.15) is 0 Å². The molecule has 0 heterocycles. The average molecular weight is 248 g/mol. The normalized spacial score (nSPS) is 16.3. The summed E-state index contributed by atoms with van der Waals surface area (Å²) < 4.78 is 0. The van der Waals surface area contributed by atoms with E-state index >= 15 is 0 Å². The van der Waals surface area contributed by atoms with Crippen molar-refractivity contribution < 1.29 is 9.90 Å². The number of carboxylic acids is 1. The predicted molar refractivity (Wildman–Crippen MR) is 72.9 cm³/mol. The van der Waals surface area contributed by atoms with E-state index in [0.717, 1.165) is 6.54 Å². The number of benzene rings is 1. The molecule has 1 aromatic rings. The number of hydrogen-bond acceptors (Lipinski definition) is 3. The van der Waals surface area contributed by atoms with E-state index < -0.39 is 5.97 Å². The zero-order chi connectivity index (χ0) is 13.2. The maximum atomic E-state index is 11.1.